The minimum absolute atomic E-state index is 0.0161. The summed E-state index contributed by atoms with van der Waals surface area (Å²) in [7, 11) is 1.62. The summed E-state index contributed by atoms with van der Waals surface area (Å²) >= 11 is 0. The van der Waals surface area contributed by atoms with Crippen molar-refractivity contribution in [3.05, 3.63) is 35.9 Å². The molecule has 0 spiro atoms. The molecular formula is C12H16O3. The zero-order valence-corrected chi connectivity index (χ0v) is 9.10. The molecule has 0 aromatic heterocycles. The second kappa shape index (κ2) is 6.19. The van der Waals surface area contributed by atoms with Gasteiger partial charge in [0, 0.05) is 7.11 Å². The molecule has 82 valence electrons. The summed E-state index contributed by atoms with van der Waals surface area (Å²) in [6, 6.07) is 8.95. The standard InChI is InChI=1S/C12H16O3/c1-3-11(14-2)9-15-12(13)10-7-5-4-6-8-10/h4-8,11H,3,9H2,1-2H3. The van der Waals surface area contributed by atoms with E-state index < -0.39 is 0 Å². The van der Waals surface area contributed by atoms with Gasteiger partial charge in [-0.1, -0.05) is 25.1 Å². The molecule has 0 aliphatic heterocycles. The van der Waals surface area contributed by atoms with Gasteiger partial charge in [-0.15, -0.1) is 0 Å². The maximum absolute atomic E-state index is 11.5. The second-order valence-electron chi connectivity index (χ2n) is 3.23. The highest BCUT2D eigenvalue weighted by atomic mass is 16.6. The van der Waals surface area contributed by atoms with Crippen LogP contribution in [0.1, 0.15) is 23.7 Å². The van der Waals surface area contributed by atoms with Gasteiger partial charge in [0.25, 0.3) is 0 Å². The molecule has 0 aliphatic carbocycles. The second-order valence-corrected chi connectivity index (χ2v) is 3.23. The normalized spacial score (nSPS) is 12.1. The van der Waals surface area contributed by atoms with Crippen molar-refractivity contribution in [3.63, 3.8) is 0 Å². The molecule has 1 rings (SSSR count). The van der Waals surface area contributed by atoms with Gasteiger partial charge < -0.3 is 9.47 Å². The van der Waals surface area contributed by atoms with E-state index in [1.165, 1.54) is 0 Å². The number of ether oxygens (including phenoxy) is 2. The van der Waals surface area contributed by atoms with Crippen molar-refractivity contribution in [2.45, 2.75) is 19.4 Å². The Labute approximate surface area is 90.0 Å². The highest BCUT2D eigenvalue weighted by Gasteiger charge is 2.10. The Hall–Kier alpha value is -1.35. The smallest absolute Gasteiger partial charge is 0.338 e. The summed E-state index contributed by atoms with van der Waals surface area (Å²) < 4.78 is 10.2. The fourth-order valence-electron chi connectivity index (χ4n) is 1.18. The van der Waals surface area contributed by atoms with E-state index in [9.17, 15) is 4.79 Å². The number of carbonyl (C=O) groups excluding carboxylic acids is 1. The average molecular weight is 208 g/mol. The molecule has 0 bridgehead atoms. The third-order valence-electron chi connectivity index (χ3n) is 2.20. The summed E-state index contributed by atoms with van der Waals surface area (Å²) in [4.78, 5) is 11.5. The Kier molecular flexibility index (Phi) is 4.84. The van der Waals surface area contributed by atoms with E-state index in [-0.39, 0.29) is 12.1 Å². The first-order valence-electron chi connectivity index (χ1n) is 5.03. The Morgan fingerprint density at radius 2 is 2.00 bits per heavy atom. The lowest BCUT2D eigenvalue weighted by Crippen LogP contribution is -2.20. The molecular weight excluding hydrogens is 192 g/mol. The van der Waals surface area contributed by atoms with Crippen molar-refractivity contribution >= 4 is 5.97 Å². The molecule has 15 heavy (non-hydrogen) atoms. The average Bonchev–Trinajstić information content (AvgIpc) is 2.31. The van der Waals surface area contributed by atoms with Crippen LogP contribution in [0, 0.1) is 0 Å². The molecule has 3 heteroatoms. The number of carbonyl (C=O) groups is 1. The van der Waals surface area contributed by atoms with E-state index in [0.29, 0.717) is 12.2 Å². The molecule has 0 saturated carbocycles. The molecule has 0 heterocycles. The maximum Gasteiger partial charge on any atom is 0.338 e. The fraction of sp³-hybridized carbons (Fsp3) is 0.417. The van der Waals surface area contributed by atoms with E-state index >= 15 is 0 Å². The third-order valence-corrected chi connectivity index (χ3v) is 2.20. The van der Waals surface area contributed by atoms with Crippen LogP contribution in [0.25, 0.3) is 0 Å². The number of esters is 1. The predicted molar refractivity (Wildman–Crippen MR) is 57.8 cm³/mol. The van der Waals surface area contributed by atoms with Crippen molar-refractivity contribution in [2.75, 3.05) is 13.7 Å². The highest BCUT2D eigenvalue weighted by Crippen LogP contribution is 2.03. The van der Waals surface area contributed by atoms with Gasteiger partial charge in [-0.3, -0.25) is 0 Å². The van der Waals surface area contributed by atoms with E-state index in [2.05, 4.69) is 0 Å². The van der Waals surface area contributed by atoms with Gasteiger partial charge in [-0.25, -0.2) is 4.79 Å². The zero-order chi connectivity index (χ0) is 11.1. The van der Waals surface area contributed by atoms with Gasteiger partial charge in [0.1, 0.15) is 6.61 Å². The molecule has 0 aliphatic rings. The van der Waals surface area contributed by atoms with Crippen LogP contribution < -0.4 is 0 Å². The van der Waals surface area contributed by atoms with Crippen LogP contribution in [0.2, 0.25) is 0 Å². The van der Waals surface area contributed by atoms with Crippen LogP contribution >= 0.6 is 0 Å². The van der Waals surface area contributed by atoms with Crippen molar-refractivity contribution in [1.82, 2.24) is 0 Å². The molecule has 1 aromatic rings. The number of benzene rings is 1. The highest BCUT2D eigenvalue weighted by molar-refractivity contribution is 5.89. The summed E-state index contributed by atoms with van der Waals surface area (Å²) in [6.45, 7) is 2.30. The summed E-state index contributed by atoms with van der Waals surface area (Å²) in [5, 5.41) is 0. The molecule has 1 atom stereocenters. The maximum atomic E-state index is 11.5. The van der Waals surface area contributed by atoms with Gasteiger partial charge in [0.15, 0.2) is 0 Å². The largest absolute Gasteiger partial charge is 0.459 e. The Morgan fingerprint density at radius 1 is 1.33 bits per heavy atom. The monoisotopic (exact) mass is 208 g/mol. The van der Waals surface area contributed by atoms with Gasteiger partial charge >= 0.3 is 5.97 Å². The van der Waals surface area contributed by atoms with E-state index in [1.54, 1.807) is 19.2 Å². The predicted octanol–water partition coefficient (Wildman–Crippen LogP) is 2.27. The number of hydrogen-bond acceptors (Lipinski definition) is 3. The molecule has 3 nitrogen and oxygen atoms in total. The molecule has 0 fully saturated rings. The quantitative estimate of drug-likeness (QED) is 0.696. The van der Waals surface area contributed by atoms with Crippen molar-refractivity contribution in [3.8, 4) is 0 Å². The van der Waals surface area contributed by atoms with Crippen LogP contribution in [-0.4, -0.2) is 25.8 Å². The van der Waals surface area contributed by atoms with Gasteiger partial charge in [-0.2, -0.15) is 0 Å². The van der Waals surface area contributed by atoms with Crippen molar-refractivity contribution < 1.29 is 14.3 Å². The van der Waals surface area contributed by atoms with Gasteiger partial charge in [-0.05, 0) is 18.6 Å². The number of methoxy groups -OCH3 is 1. The fourth-order valence-corrected chi connectivity index (χ4v) is 1.18. The first-order valence-corrected chi connectivity index (χ1v) is 5.03. The number of hydrogen-bond donors (Lipinski definition) is 0. The molecule has 0 N–H and O–H groups in total. The van der Waals surface area contributed by atoms with E-state index in [4.69, 9.17) is 9.47 Å². The Balaban J connectivity index is 2.43. The van der Waals surface area contributed by atoms with Crippen LogP contribution in [0.5, 0.6) is 0 Å². The zero-order valence-electron chi connectivity index (χ0n) is 9.10. The molecule has 1 aromatic carbocycles. The van der Waals surface area contributed by atoms with Crippen LogP contribution in [0.4, 0.5) is 0 Å². The molecule has 0 radical (unpaired) electrons. The molecule has 0 amide bonds. The van der Waals surface area contributed by atoms with Crippen LogP contribution in [0.15, 0.2) is 30.3 Å². The lowest BCUT2D eigenvalue weighted by atomic mass is 10.2. The lowest BCUT2D eigenvalue weighted by molar-refractivity contribution is 0.00972. The summed E-state index contributed by atoms with van der Waals surface area (Å²) in [5.41, 5.74) is 0.573. The lowest BCUT2D eigenvalue weighted by Gasteiger charge is -2.12. The summed E-state index contributed by atoms with van der Waals surface area (Å²) in [6.07, 6.45) is 0.816. The van der Waals surface area contributed by atoms with Crippen LogP contribution in [-0.2, 0) is 9.47 Å². The number of rotatable bonds is 5. The Morgan fingerprint density at radius 3 is 2.53 bits per heavy atom. The van der Waals surface area contributed by atoms with Crippen molar-refractivity contribution in [2.24, 2.45) is 0 Å². The van der Waals surface area contributed by atoms with E-state index in [1.807, 2.05) is 25.1 Å². The van der Waals surface area contributed by atoms with E-state index in [0.717, 1.165) is 6.42 Å². The minimum atomic E-state index is -0.300. The van der Waals surface area contributed by atoms with Gasteiger partial charge in [0.2, 0.25) is 0 Å². The molecule has 0 saturated heterocycles. The van der Waals surface area contributed by atoms with Crippen LogP contribution in [0.3, 0.4) is 0 Å². The minimum Gasteiger partial charge on any atom is -0.459 e. The van der Waals surface area contributed by atoms with Crippen molar-refractivity contribution in [1.29, 1.82) is 0 Å². The molecule has 1 unspecified atom stereocenters. The Bertz CT molecular complexity index is 291. The summed E-state index contributed by atoms with van der Waals surface area (Å²) in [5.74, 6) is -0.300. The van der Waals surface area contributed by atoms with Gasteiger partial charge in [0.05, 0.1) is 11.7 Å². The first-order chi connectivity index (χ1) is 7.27. The third kappa shape index (κ3) is 3.72. The SMILES string of the molecule is CCC(COC(=O)c1ccccc1)OC. The first kappa shape index (κ1) is 11.7. The topological polar surface area (TPSA) is 35.5 Å².